The van der Waals surface area contributed by atoms with E-state index in [-0.39, 0.29) is 28.6 Å². The summed E-state index contributed by atoms with van der Waals surface area (Å²) in [6.07, 6.45) is -8.68. The molecule has 0 aliphatic rings. The van der Waals surface area contributed by atoms with Gasteiger partial charge in [-0.2, -0.15) is 13.2 Å². The van der Waals surface area contributed by atoms with Gasteiger partial charge >= 0.3 is 6.18 Å². The fourth-order valence-corrected chi connectivity index (χ4v) is 3.37. The van der Waals surface area contributed by atoms with Gasteiger partial charge in [0.05, 0.1) is 28.9 Å². The molecular formula is C20H20F3N3O6. The number of anilines is 1. The van der Waals surface area contributed by atoms with Crippen molar-refractivity contribution in [2.24, 2.45) is 0 Å². The lowest BCUT2D eigenvalue weighted by atomic mass is 9.99. The molecule has 0 bridgehead atoms. The largest absolute Gasteiger partial charge is 0.417 e. The predicted molar refractivity (Wildman–Crippen MR) is 108 cm³/mol. The van der Waals surface area contributed by atoms with Gasteiger partial charge in [-0.05, 0) is 24.3 Å². The minimum absolute atomic E-state index is 0.0109. The number of aromatic nitrogens is 2. The van der Waals surface area contributed by atoms with Crippen molar-refractivity contribution in [3.05, 3.63) is 52.4 Å². The molecule has 7 N–H and O–H groups in total. The lowest BCUT2D eigenvalue weighted by molar-refractivity contribution is -0.135. The van der Waals surface area contributed by atoms with E-state index in [2.05, 4.69) is 15.3 Å². The maximum Gasteiger partial charge on any atom is 0.417 e. The first-order chi connectivity index (χ1) is 15.1. The van der Waals surface area contributed by atoms with Crippen LogP contribution in [0.3, 0.4) is 0 Å². The number of aldehydes is 1. The van der Waals surface area contributed by atoms with Crippen LogP contribution in [0.4, 0.5) is 18.9 Å². The van der Waals surface area contributed by atoms with E-state index in [0.717, 1.165) is 12.1 Å². The van der Waals surface area contributed by atoms with Gasteiger partial charge in [0.15, 0.2) is 0 Å². The number of rotatable bonds is 8. The lowest BCUT2D eigenvalue weighted by Gasteiger charge is -2.27. The van der Waals surface area contributed by atoms with Gasteiger partial charge in [0.25, 0.3) is 5.56 Å². The minimum atomic E-state index is -4.85. The number of pyridine rings is 1. The van der Waals surface area contributed by atoms with Gasteiger partial charge in [-0.15, -0.1) is 0 Å². The first-order valence-electron chi connectivity index (χ1n) is 9.36. The van der Waals surface area contributed by atoms with Gasteiger partial charge in [-0.1, -0.05) is 6.07 Å². The SMILES string of the molecule is O=C[C@H](Nc1ccc2c(C(F)(F)F)c(-c3ccc[nH]3)c(=O)[nH]c2c1)[C@@H](O)[C@H](O)[C@H](O)CO. The molecule has 9 nitrogen and oxygen atoms in total. The summed E-state index contributed by atoms with van der Waals surface area (Å²) in [5.41, 5.74) is -2.84. The molecular weight excluding hydrogens is 435 g/mol. The monoisotopic (exact) mass is 455 g/mol. The zero-order valence-electron chi connectivity index (χ0n) is 16.3. The summed E-state index contributed by atoms with van der Waals surface area (Å²) in [4.78, 5) is 28.8. The number of H-pyrrole nitrogens is 2. The fraction of sp³-hybridized carbons (Fsp3) is 0.300. The summed E-state index contributed by atoms with van der Waals surface area (Å²) in [6.45, 7) is -0.871. The Kier molecular flexibility index (Phi) is 6.69. The van der Waals surface area contributed by atoms with E-state index in [1.807, 2.05) is 0 Å². The number of halogens is 3. The lowest BCUT2D eigenvalue weighted by Crippen LogP contribution is -2.49. The molecule has 4 atom stereocenters. The molecule has 0 unspecified atom stereocenters. The number of benzene rings is 1. The Bertz CT molecular complexity index is 1150. The molecule has 2 heterocycles. The second-order valence-electron chi connectivity index (χ2n) is 7.08. The highest BCUT2D eigenvalue weighted by atomic mass is 19.4. The number of carbonyl (C=O) groups is 1. The maximum atomic E-state index is 13.9. The van der Waals surface area contributed by atoms with Crippen LogP contribution in [0.25, 0.3) is 22.2 Å². The van der Waals surface area contributed by atoms with Gasteiger partial charge in [0.1, 0.15) is 30.6 Å². The zero-order valence-corrected chi connectivity index (χ0v) is 16.3. The van der Waals surface area contributed by atoms with Crippen molar-refractivity contribution >= 4 is 22.9 Å². The van der Waals surface area contributed by atoms with E-state index in [1.165, 1.54) is 24.4 Å². The Balaban J connectivity index is 2.05. The van der Waals surface area contributed by atoms with Gasteiger partial charge in [-0.25, -0.2) is 0 Å². The first kappa shape index (κ1) is 23.5. The van der Waals surface area contributed by atoms with Crippen LogP contribution < -0.4 is 10.9 Å². The molecule has 1 aromatic carbocycles. The number of aromatic amines is 2. The molecule has 32 heavy (non-hydrogen) atoms. The van der Waals surface area contributed by atoms with Crippen molar-refractivity contribution in [1.82, 2.24) is 9.97 Å². The quantitative estimate of drug-likeness (QED) is 0.245. The van der Waals surface area contributed by atoms with E-state index in [1.54, 1.807) is 0 Å². The molecule has 0 saturated heterocycles. The van der Waals surface area contributed by atoms with E-state index in [0.29, 0.717) is 0 Å². The third kappa shape index (κ3) is 4.53. The van der Waals surface area contributed by atoms with Gasteiger partial charge in [0, 0.05) is 17.3 Å². The number of nitrogens with one attached hydrogen (secondary N) is 3. The van der Waals surface area contributed by atoms with Crippen LogP contribution in [-0.2, 0) is 11.0 Å². The van der Waals surface area contributed by atoms with Crippen LogP contribution >= 0.6 is 0 Å². The molecule has 0 radical (unpaired) electrons. The summed E-state index contributed by atoms with van der Waals surface area (Å²) < 4.78 is 41.7. The minimum Gasteiger partial charge on any atom is -0.394 e. The third-order valence-corrected chi connectivity index (χ3v) is 4.94. The van der Waals surface area contributed by atoms with Crippen LogP contribution in [0.5, 0.6) is 0 Å². The van der Waals surface area contributed by atoms with Crippen LogP contribution in [0.1, 0.15) is 5.56 Å². The first-order valence-corrected chi connectivity index (χ1v) is 9.36. The standard InChI is InChI=1S/C20H20F3N3O6/c21-20(22,23)16-10-4-3-9(25-13(7-27)17(30)18(31)14(29)8-28)6-12(10)26-19(32)15(16)11-2-1-5-24-11/h1-7,13-14,17-18,24-25,28-31H,8H2,(H,26,32)/t13-,14+,17+,18+/m0/s1. The van der Waals surface area contributed by atoms with Gasteiger partial charge < -0.3 is 40.5 Å². The molecule has 0 saturated carbocycles. The molecule has 2 aromatic heterocycles. The van der Waals surface area contributed by atoms with Crippen molar-refractivity contribution in [3.8, 4) is 11.3 Å². The molecule has 3 aromatic rings. The molecule has 0 aliphatic carbocycles. The molecule has 0 spiro atoms. The normalized spacial score (nSPS) is 15.8. The van der Waals surface area contributed by atoms with Gasteiger partial charge in [-0.3, -0.25) is 4.79 Å². The van der Waals surface area contributed by atoms with Crippen molar-refractivity contribution in [3.63, 3.8) is 0 Å². The van der Waals surface area contributed by atoms with Gasteiger partial charge in [0.2, 0.25) is 0 Å². The smallest absolute Gasteiger partial charge is 0.394 e. The van der Waals surface area contributed by atoms with E-state index < -0.39 is 53.8 Å². The summed E-state index contributed by atoms with van der Waals surface area (Å²) in [6, 6.07) is 4.75. The molecule has 0 fully saturated rings. The average Bonchev–Trinajstić information content (AvgIpc) is 3.28. The van der Waals surface area contributed by atoms with Crippen LogP contribution in [0.15, 0.2) is 41.3 Å². The second kappa shape index (κ2) is 9.12. The Labute approximate surface area is 178 Å². The number of fused-ring (bicyclic) bond motifs is 1. The fourth-order valence-electron chi connectivity index (χ4n) is 3.37. The molecule has 0 amide bonds. The summed E-state index contributed by atoms with van der Waals surface area (Å²) in [5, 5.41) is 40.4. The number of aliphatic hydroxyl groups is 4. The summed E-state index contributed by atoms with van der Waals surface area (Å²) >= 11 is 0. The number of alkyl halides is 3. The Morgan fingerprint density at radius 3 is 2.41 bits per heavy atom. The molecule has 0 aliphatic heterocycles. The molecule has 172 valence electrons. The highest BCUT2D eigenvalue weighted by molar-refractivity contribution is 5.91. The molecule has 12 heteroatoms. The van der Waals surface area contributed by atoms with E-state index in [4.69, 9.17) is 5.11 Å². The maximum absolute atomic E-state index is 13.9. The van der Waals surface area contributed by atoms with Crippen molar-refractivity contribution < 1.29 is 38.4 Å². The van der Waals surface area contributed by atoms with Crippen molar-refractivity contribution in [2.75, 3.05) is 11.9 Å². The zero-order chi connectivity index (χ0) is 23.6. The number of aliphatic hydroxyl groups excluding tert-OH is 4. The van der Waals surface area contributed by atoms with E-state index in [9.17, 15) is 38.1 Å². The van der Waals surface area contributed by atoms with Crippen LogP contribution in [0, 0.1) is 0 Å². The summed E-state index contributed by atoms with van der Waals surface area (Å²) in [5.74, 6) is 0. The third-order valence-electron chi connectivity index (χ3n) is 4.94. The predicted octanol–water partition coefficient (Wildman–Crippen LogP) is 0.596. The van der Waals surface area contributed by atoms with E-state index >= 15 is 0 Å². The number of hydrogen-bond acceptors (Lipinski definition) is 7. The second-order valence-corrected chi connectivity index (χ2v) is 7.08. The highest BCUT2D eigenvalue weighted by Gasteiger charge is 2.38. The highest BCUT2D eigenvalue weighted by Crippen LogP contribution is 2.39. The van der Waals surface area contributed by atoms with Crippen LogP contribution in [0.2, 0.25) is 0 Å². The average molecular weight is 455 g/mol. The Morgan fingerprint density at radius 1 is 1.12 bits per heavy atom. The number of carbonyl (C=O) groups excluding carboxylic acids is 1. The van der Waals surface area contributed by atoms with Crippen molar-refractivity contribution in [2.45, 2.75) is 30.5 Å². The van der Waals surface area contributed by atoms with Crippen LogP contribution in [-0.4, -0.2) is 67.6 Å². The Hall–Kier alpha value is -3.19. The van der Waals surface area contributed by atoms with Crippen molar-refractivity contribution in [1.29, 1.82) is 0 Å². The number of hydrogen-bond donors (Lipinski definition) is 7. The molecule has 3 rings (SSSR count). The summed E-state index contributed by atoms with van der Waals surface area (Å²) in [7, 11) is 0. The topological polar surface area (TPSA) is 159 Å². The Morgan fingerprint density at radius 2 is 1.84 bits per heavy atom.